The average molecular weight is 472 g/mol. The van der Waals surface area contributed by atoms with Crippen LogP contribution in [0.4, 0.5) is 0 Å². The molecule has 2 aliphatic rings. The Morgan fingerprint density at radius 3 is 2.38 bits per heavy atom. The van der Waals surface area contributed by atoms with Crippen LogP contribution < -0.4 is 15.4 Å². The van der Waals surface area contributed by atoms with Gasteiger partial charge in [0.05, 0.1) is 13.2 Å². The molecule has 1 saturated heterocycles. The number of ether oxygens (including phenoxy) is 1. The number of nitrogens with zero attached hydrogens (tertiary/aromatic N) is 2. The van der Waals surface area contributed by atoms with E-state index in [1.807, 2.05) is 7.05 Å². The zero-order valence-corrected chi connectivity index (χ0v) is 18.4. The SMILES string of the molecule is CN=C(NCC(c1ccc(OC)cc1)N1CCCC1)NC1CCCC1.I. The molecule has 1 aromatic rings. The smallest absolute Gasteiger partial charge is 0.191 e. The van der Waals surface area contributed by atoms with Crippen molar-refractivity contribution in [1.82, 2.24) is 15.5 Å². The van der Waals surface area contributed by atoms with E-state index in [0.29, 0.717) is 12.1 Å². The van der Waals surface area contributed by atoms with Gasteiger partial charge >= 0.3 is 0 Å². The van der Waals surface area contributed by atoms with Gasteiger partial charge in [-0.15, -0.1) is 24.0 Å². The highest BCUT2D eigenvalue weighted by atomic mass is 127. The van der Waals surface area contributed by atoms with Crippen LogP contribution in [0.15, 0.2) is 29.3 Å². The highest BCUT2D eigenvalue weighted by molar-refractivity contribution is 14.0. The van der Waals surface area contributed by atoms with Crippen molar-refractivity contribution in [2.75, 3.05) is 33.8 Å². The quantitative estimate of drug-likeness (QED) is 0.378. The Hall–Kier alpha value is -1.02. The van der Waals surface area contributed by atoms with Gasteiger partial charge in [-0.05, 0) is 56.5 Å². The van der Waals surface area contributed by atoms with Gasteiger partial charge in [0, 0.05) is 19.6 Å². The summed E-state index contributed by atoms with van der Waals surface area (Å²) < 4.78 is 5.31. The lowest BCUT2D eigenvalue weighted by Crippen LogP contribution is -2.45. The molecular weight excluding hydrogens is 439 g/mol. The van der Waals surface area contributed by atoms with Gasteiger partial charge in [0.25, 0.3) is 0 Å². The Labute approximate surface area is 175 Å². The van der Waals surface area contributed by atoms with Crippen molar-refractivity contribution in [3.8, 4) is 5.75 Å². The minimum atomic E-state index is 0. The van der Waals surface area contributed by atoms with Crippen LogP contribution in [0.2, 0.25) is 0 Å². The predicted octanol–water partition coefficient (Wildman–Crippen LogP) is 3.56. The summed E-state index contributed by atoms with van der Waals surface area (Å²) in [6.45, 7) is 3.22. The topological polar surface area (TPSA) is 48.9 Å². The molecule has 1 unspecified atom stereocenters. The third-order valence-electron chi connectivity index (χ3n) is 5.46. The Kier molecular flexibility index (Phi) is 8.98. The summed E-state index contributed by atoms with van der Waals surface area (Å²) in [5.74, 6) is 1.85. The molecule has 0 radical (unpaired) electrons. The Balaban J connectivity index is 0.00000243. The van der Waals surface area contributed by atoms with E-state index in [1.54, 1.807) is 7.11 Å². The van der Waals surface area contributed by atoms with Gasteiger partial charge < -0.3 is 15.4 Å². The van der Waals surface area contributed by atoms with Gasteiger partial charge in [0.15, 0.2) is 5.96 Å². The van der Waals surface area contributed by atoms with Crippen LogP contribution in [0.3, 0.4) is 0 Å². The summed E-state index contributed by atoms with van der Waals surface area (Å²) in [6, 6.07) is 9.45. The molecule has 2 fully saturated rings. The second-order valence-electron chi connectivity index (χ2n) is 7.11. The van der Waals surface area contributed by atoms with Gasteiger partial charge in [-0.3, -0.25) is 9.89 Å². The van der Waals surface area contributed by atoms with Crippen molar-refractivity contribution in [3.05, 3.63) is 29.8 Å². The number of methoxy groups -OCH3 is 1. The summed E-state index contributed by atoms with van der Waals surface area (Å²) in [5.41, 5.74) is 1.34. The van der Waals surface area contributed by atoms with Crippen LogP contribution in [0.1, 0.15) is 50.1 Å². The first-order valence-electron chi connectivity index (χ1n) is 9.65. The minimum Gasteiger partial charge on any atom is -0.497 e. The molecule has 3 rings (SSSR count). The number of likely N-dealkylation sites (tertiary alicyclic amines) is 1. The fourth-order valence-corrected chi connectivity index (χ4v) is 3.99. The fraction of sp³-hybridized carbons (Fsp3) is 0.650. The van der Waals surface area contributed by atoms with E-state index in [-0.39, 0.29) is 24.0 Å². The molecule has 0 amide bonds. The molecule has 1 atom stereocenters. The second-order valence-corrected chi connectivity index (χ2v) is 7.11. The van der Waals surface area contributed by atoms with Crippen molar-refractivity contribution in [2.45, 2.75) is 50.6 Å². The maximum Gasteiger partial charge on any atom is 0.191 e. The van der Waals surface area contributed by atoms with E-state index in [9.17, 15) is 0 Å². The lowest BCUT2D eigenvalue weighted by Gasteiger charge is -2.29. The van der Waals surface area contributed by atoms with E-state index in [2.05, 4.69) is 44.8 Å². The van der Waals surface area contributed by atoms with E-state index in [4.69, 9.17) is 4.74 Å². The molecule has 0 aromatic heterocycles. The Morgan fingerprint density at radius 2 is 1.81 bits per heavy atom. The minimum absolute atomic E-state index is 0. The van der Waals surface area contributed by atoms with Gasteiger partial charge in [0.1, 0.15) is 5.75 Å². The molecule has 146 valence electrons. The number of nitrogens with one attached hydrogen (secondary N) is 2. The zero-order valence-electron chi connectivity index (χ0n) is 16.0. The molecule has 26 heavy (non-hydrogen) atoms. The monoisotopic (exact) mass is 472 g/mol. The molecule has 0 spiro atoms. The van der Waals surface area contributed by atoms with Gasteiger partial charge in [-0.1, -0.05) is 25.0 Å². The van der Waals surface area contributed by atoms with Crippen LogP contribution in [0.5, 0.6) is 5.75 Å². The van der Waals surface area contributed by atoms with Crippen LogP contribution in [-0.2, 0) is 0 Å². The molecule has 1 aliphatic carbocycles. The molecule has 0 bridgehead atoms. The van der Waals surface area contributed by atoms with Crippen molar-refractivity contribution in [1.29, 1.82) is 0 Å². The second kappa shape index (κ2) is 11.0. The largest absolute Gasteiger partial charge is 0.497 e. The van der Waals surface area contributed by atoms with Crippen molar-refractivity contribution in [2.24, 2.45) is 4.99 Å². The molecule has 1 aliphatic heterocycles. The van der Waals surface area contributed by atoms with Crippen molar-refractivity contribution < 1.29 is 4.74 Å². The summed E-state index contributed by atoms with van der Waals surface area (Å²) in [6.07, 6.45) is 7.76. The summed E-state index contributed by atoms with van der Waals surface area (Å²) in [5, 5.41) is 7.15. The lowest BCUT2D eigenvalue weighted by molar-refractivity contribution is 0.245. The van der Waals surface area contributed by atoms with Crippen LogP contribution in [0.25, 0.3) is 0 Å². The van der Waals surface area contributed by atoms with E-state index < -0.39 is 0 Å². The Morgan fingerprint density at radius 1 is 1.15 bits per heavy atom. The third-order valence-corrected chi connectivity index (χ3v) is 5.46. The highest BCUT2D eigenvalue weighted by Gasteiger charge is 2.24. The summed E-state index contributed by atoms with van der Waals surface area (Å²) >= 11 is 0. The first-order chi connectivity index (χ1) is 12.3. The van der Waals surface area contributed by atoms with Crippen molar-refractivity contribution in [3.63, 3.8) is 0 Å². The van der Waals surface area contributed by atoms with Crippen LogP contribution in [-0.4, -0.2) is 50.7 Å². The Bertz CT molecular complexity index is 551. The van der Waals surface area contributed by atoms with Gasteiger partial charge in [-0.25, -0.2) is 0 Å². The number of aliphatic imine (C=N–C) groups is 1. The summed E-state index contributed by atoms with van der Waals surface area (Å²) in [7, 11) is 3.58. The number of hydrogen-bond acceptors (Lipinski definition) is 3. The number of halogens is 1. The number of benzene rings is 1. The van der Waals surface area contributed by atoms with E-state index >= 15 is 0 Å². The van der Waals surface area contributed by atoms with E-state index in [0.717, 1.165) is 18.3 Å². The number of guanidine groups is 1. The molecule has 1 saturated carbocycles. The van der Waals surface area contributed by atoms with Crippen LogP contribution in [0, 0.1) is 0 Å². The molecule has 1 heterocycles. The number of rotatable bonds is 6. The maximum absolute atomic E-state index is 5.31. The molecule has 1 aromatic carbocycles. The predicted molar refractivity (Wildman–Crippen MR) is 119 cm³/mol. The molecule has 2 N–H and O–H groups in total. The normalized spacial score (nSPS) is 19.8. The first-order valence-corrected chi connectivity index (χ1v) is 9.65. The van der Waals surface area contributed by atoms with Gasteiger partial charge in [-0.2, -0.15) is 0 Å². The standard InChI is InChI=1S/C20H32N4O.HI/c1-21-20(23-17-7-3-4-8-17)22-15-19(24-13-5-6-14-24)16-9-11-18(25-2)12-10-16;/h9-12,17,19H,3-8,13-15H2,1-2H3,(H2,21,22,23);1H. The lowest BCUT2D eigenvalue weighted by atomic mass is 10.1. The molecule has 6 heteroatoms. The molecular formula is C20H33IN4O. The number of hydrogen-bond donors (Lipinski definition) is 2. The van der Waals surface area contributed by atoms with E-state index in [1.165, 1.54) is 57.2 Å². The maximum atomic E-state index is 5.31. The van der Waals surface area contributed by atoms with Gasteiger partial charge in [0.2, 0.25) is 0 Å². The first kappa shape index (κ1) is 21.3. The van der Waals surface area contributed by atoms with Crippen molar-refractivity contribution >= 4 is 29.9 Å². The highest BCUT2D eigenvalue weighted by Crippen LogP contribution is 2.26. The molecule has 5 nitrogen and oxygen atoms in total. The zero-order chi connectivity index (χ0) is 17.5. The average Bonchev–Trinajstić information content (AvgIpc) is 3.35. The fourth-order valence-electron chi connectivity index (χ4n) is 3.99. The third kappa shape index (κ3) is 5.74. The van der Waals surface area contributed by atoms with Crippen LogP contribution >= 0.6 is 24.0 Å². The summed E-state index contributed by atoms with van der Waals surface area (Å²) in [4.78, 5) is 7.01.